The Morgan fingerprint density at radius 2 is 1.64 bits per heavy atom. The summed E-state index contributed by atoms with van der Waals surface area (Å²) in [5, 5.41) is 20.9. The van der Waals surface area contributed by atoms with Gasteiger partial charge in [0.1, 0.15) is 5.82 Å². The fraction of sp³-hybridized carbons (Fsp3) is 0.500. The average molecular weight is 466 g/mol. The van der Waals surface area contributed by atoms with E-state index < -0.39 is 23.2 Å². The van der Waals surface area contributed by atoms with Crippen LogP contribution in [0.1, 0.15) is 66.9 Å². The monoisotopic (exact) mass is 466 g/mol. The number of hydrogen-bond donors (Lipinski definition) is 2. The quantitative estimate of drug-likeness (QED) is 0.640. The summed E-state index contributed by atoms with van der Waals surface area (Å²) in [6, 6.07) is 6.21. The third-order valence-electron chi connectivity index (χ3n) is 6.87. The first-order valence-corrected chi connectivity index (χ1v) is 11.0. The Kier molecular flexibility index (Phi) is 5.99. The van der Waals surface area contributed by atoms with Crippen LogP contribution in [0.3, 0.4) is 0 Å². The molecule has 2 aromatic rings. The molecule has 2 fully saturated rings. The van der Waals surface area contributed by atoms with Gasteiger partial charge in [-0.25, -0.2) is 4.39 Å². The molecule has 5 nitrogen and oxygen atoms in total. The van der Waals surface area contributed by atoms with E-state index in [1.165, 1.54) is 24.4 Å². The molecule has 2 aliphatic rings. The van der Waals surface area contributed by atoms with Crippen molar-refractivity contribution in [2.75, 3.05) is 0 Å². The van der Waals surface area contributed by atoms with Gasteiger partial charge in [0, 0.05) is 29.4 Å². The molecule has 2 aliphatic carbocycles. The molecule has 1 aromatic carbocycles. The van der Waals surface area contributed by atoms with E-state index >= 15 is 0 Å². The number of aliphatic hydroxyl groups is 2. The van der Waals surface area contributed by atoms with Gasteiger partial charge in [-0.15, -0.1) is 0 Å². The smallest absolute Gasteiger partial charge is 0.385 e. The maximum atomic E-state index is 14.2. The number of halogens is 4. The highest BCUT2D eigenvalue weighted by Gasteiger charge is 2.51. The highest BCUT2D eigenvalue weighted by molar-refractivity contribution is 5.95. The normalized spacial score (nSPS) is 25.4. The van der Waals surface area contributed by atoms with Crippen molar-refractivity contribution in [3.8, 4) is 0 Å². The highest BCUT2D eigenvalue weighted by atomic mass is 19.4. The molecule has 0 bridgehead atoms. The largest absolute Gasteiger partial charge is 0.421 e. The van der Waals surface area contributed by atoms with Gasteiger partial charge in [0.2, 0.25) is 0 Å². The molecule has 0 radical (unpaired) electrons. The zero-order chi connectivity index (χ0) is 24.0. The summed E-state index contributed by atoms with van der Waals surface area (Å²) in [5.74, 6) is -0.857. The number of aromatic nitrogens is 1. The lowest BCUT2D eigenvalue weighted by Gasteiger charge is -2.41. The van der Waals surface area contributed by atoms with Gasteiger partial charge in [-0.3, -0.25) is 9.78 Å². The van der Waals surface area contributed by atoms with E-state index in [4.69, 9.17) is 0 Å². The van der Waals surface area contributed by atoms with Crippen molar-refractivity contribution in [3.63, 3.8) is 0 Å². The van der Waals surface area contributed by atoms with Crippen LogP contribution in [0.25, 0.3) is 0 Å². The van der Waals surface area contributed by atoms with E-state index in [0.29, 0.717) is 19.8 Å². The van der Waals surface area contributed by atoms with E-state index in [0.717, 1.165) is 31.2 Å². The summed E-state index contributed by atoms with van der Waals surface area (Å²) in [5.41, 5.74) is -4.24. The van der Waals surface area contributed by atoms with Crippen LogP contribution in [0.15, 0.2) is 42.7 Å². The van der Waals surface area contributed by atoms with Crippen LogP contribution in [0.4, 0.5) is 17.6 Å². The van der Waals surface area contributed by atoms with E-state index in [-0.39, 0.29) is 47.5 Å². The highest BCUT2D eigenvalue weighted by Crippen LogP contribution is 2.43. The molecule has 0 saturated heterocycles. The first-order chi connectivity index (χ1) is 15.4. The van der Waals surface area contributed by atoms with Crippen LogP contribution < -0.4 is 0 Å². The van der Waals surface area contributed by atoms with Crippen molar-refractivity contribution in [1.29, 1.82) is 0 Å². The molecule has 4 rings (SSSR count). The predicted octanol–water partition coefficient (Wildman–Crippen LogP) is 4.43. The van der Waals surface area contributed by atoms with Crippen molar-refractivity contribution in [3.05, 3.63) is 65.2 Å². The number of hydrogen-bond acceptors (Lipinski definition) is 4. The number of pyridine rings is 1. The second-order valence-electron chi connectivity index (χ2n) is 9.21. The molecule has 1 aromatic heterocycles. The zero-order valence-corrected chi connectivity index (χ0v) is 18.1. The summed E-state index contributed by atoms with van der Waals surface area (Å²) in [6.45, 7) is 0.676. The van der Waals surface area contributed by atoms with Gasteiger partial charge in [-0.2, -0.15) is 13.2 Å². The molecule has 0 aliphatic heterocycles. The van der Waals surface area contributed by atoms with Crippen molar-refractivity contribution in [1.82, 2.24) is 9.88 Å². The van der Waals surface area contributed by atoms with Crippen molar-refractivity contribution >= 4 is 5.91 Å². The first-order valence-electron chi connectivity index (χ1n) is 11.0. The Balaban J connectivity index is 1.50. The maximum Gasteiger partial charge on any atom is 0.421 e. The summed E-state index contributed by atoms with van der Waals surface area (Å²) in [6.07, 6.45) is 0.847. The number of carbonyl (C=O) groups excluding carboxylic acids is 1. The SMILES string of the molecule is C[C@](O)(c1ccc(C(=O)N(C2CC2)[C@H]2CC[C@@](O)(c3ccncc3F)CC2)cc1)C(F)(F)F. The number of carbonyl (C=O) groups is 1. The molecule has 9 heteroatoms. The van der Waals surface area contributed by atoms with Gasteiger partial charge in [0.15, 0.2) is 5.60 Å². The third kappa shape index (κ3) is 4.48. The second-order valence-corrected chi connectivity index (χ2v) is 9.21. The van der Waals surface area contributed by atoms with Gasteiger partial charge < -0.3 is 15.1 Å². The van der Waals surface area contributed by atoms with Crippen molar-refractivity contribution in [2.24, 2.45) is 0 Å². The van der Waals surface area contributed by atoms with Crippen LogP contribution in [-0.2, 0) is 11.2 Å². The average Bonchev–Trinajstić information content (AvgIpc) is 3.60. The third-order valence-corrected chi connectivity index (χ3v) is 6.87. The lowest BCUT2D eigenvalue weighted by atomic mass is 9.77. The molecule has 178 valence electrons. The molecule has 0 unspecified atom stereocenters. The van der Waals surface area contributed by atoms with Gasteiger partial charge >= 0.3 is 6.18 Å². The summed E-state index contributed by atoms with van der Waals surface area (Å²) < 4.78 is 53.5. The number of alkyl halides is 3. The van der Waals surface area contributed by atoms with Crippen LogP contribution in [0, 0.1) is 5.82 Å². The molecular weight excluding hydrogens is 440 g/mol. The standard InChI is InChI=1S/C24H26F4N2O3/c1-22(32,24(26,27)28)16-4-2-15(3-5-16)21(31)30(17-6-7-17)18-8-11-23(33,12-9-18)19-10-13-29-14-20(19)25/h2-5,10,13-14,17-18,32-33H,6-9,11-12H2,1H3/t18-,22-,23-/m0/s1. The number of rotatable bonds is 5. The molecule has 0 spiro atoms. The van der Waals surface area contributed by atoms with Crippen molar-refractivity contribution in [2.45, 2.75) is 74.9 Å². The maximum absolute atomic E-state index is 14.2. The van der Waals surface area contributed by atoms with Gasteiger partial charge in [0.25, 0.3) is 5.91 Å². The lowest BCUT2D eigenvalue weighted by molar-refractivity contribution is -0.258. The zero-order valence-electron chi connectivity index (χ0n) is 18.1. The van der Waals surface area contributed by atoms with Gasteiger partial charge in [0.05, 0.1) is 11.8 Å². The van der Waals surface area contributed by atoms with Crippen LogP contribution in [0.5, 0.6) is 0 Å². The minimum Gasteiger partial charge on any atom is -0.385 e. The number of benzene rings is 1. The summed E-state index contributed by atoms with van der Waals surface area (Å²) in [7, 11) is 0. The lowest BCUT2D eigenvalue weighted by Crippen LogP contribution is -2.46. The summed E-state index contributed by atoms with van der Waals surface area (Å²) in [4.78, 5) is 18.8. The molecule has 1 atom stereocenters. The Morgan fingerprint density at radius 1 is 1.06 bits per heavy atom. The molecule has 1 heterocycles. The van der Waals surface area contributed by atoms with Crippen LogP contribution in [-0.4, -0.2) is 44.3 Å². The second kappa shape index (κ2) is 8.36. The fourth-order valence-corrected chi connectivity index (χ4v) is 4.61. The van der Waals surface area contributed by atoms with Crippen LogP contribution in [0.2, 0.25) is 0 Å². The van der Waals surface area contributed by atoms with E-state index in [2.05, 4.69) is 4.98 Å². The minimum atomic E-state index is -4.84. The molecule has 2 N–H and O–H groups in total. The van der Waals surface area contributed by atoms with Gasteiger partial charge in [-0.05, 0) is 69.2 Å². The Hall–Kier alpha value is -2.52. The van der Waals surface area contributed by atoms with E-state index in [1.807, 2.05) is 0 Å². The Labute approximate surface area is 189 Å². The Morgan fingerprint density at radius 3 is 2.15 bits per heavy atom. The van der Waals surface area contributed by atoms with Crippen molar-refractivity contribution < 1.29 is 32.6 Å². The van der Waals surface area contributed by atoms with E-state index in [1.54, 1.807) is 4.90 Å². The van der Waals surface area contributed by atoms with E-state index in [9.17, 15) is 32.6 Å². The molecule has 33 heavy (non-hydrogen) atoms. The number of amides is 1. The molecular formula is C24H26F4N2O3. The topological polar surface area (TPSA) is 73.7 Å². The fourth-order valence-electron chi connectivity index (χ4n) is 4.61. The molecule has 2 saturated carbocycles. The Bertz CT molecular complexity index is 1010. The van der Waals surface area contributed by atoms with Gasteiger partial charge in [-0.1, -0.05) is 12.1 Å². The predicted molar refractivity (Wildman–Crippen MR) is 112 cm³/mol. The first kappa shape index (κ1) is 23.6. The summed E-state index contributed by atoms with van der Waals surface area (Å²) >= 11 is 0. The number of nitrogens with zero attached hydrogens (tertiary/aromatic N) is 2. The minimum absolute atomic E-state index is 0.0457. The van der Waals surface area contributed by atoms with Crippen LogP contribution >= 0.6 is 0 Å². The molecule has 1 amide bonds.